The fourth-order valence-electron chi connectivity index (χ4n) is 2.96. The van der Waals surface area contributed by atoms with Crippen LogP contribution in [0.4, 0.5) is 0 Å². The highest BCUT2D eigenvalue weighted by atomic mass is 16.5. The van der Waals surface area contributed by atoms with Crippen molar-refractivity contribution in [2.24, 2.45) is 0 Å². The van der Waals surface area contributed by atoms with Gasteiger partial charge in [0.1, 0.15) is 5.75 Å². The van der Waals surface area contributed by atoms with E-state index in [9.17, 15) is 0 Å². The minimum absolute atomic E-state index is 0.631. The first-order valence-electron chi connectivity index (χ1n) is 8.94. The van der Waals surface area contributed by atoms with E-state index in [-0.39, 0.29) is 0 Å². The van der Waals surface area contributed by atoms with Crippen molar-refractivity contribution in [3.05, 3.63) is 66.2 Å². The number of hydrogen-bond acceptors (Lipinski definition) is 4. The van der Waals surface area contributed by atoms with Crippen molar-refractivity contribution in [2.75, 3.05) is 21.2 Å². The van der Waals surface area contributed by atoms with Gasteiger partial charge in [-0.3, -0.25) is 0 Å². The lowest BCUT2D eigenvalue weighted by molar-refractivity contribution is 0.402. The molecule has 140 valence electrons. The van der Waals surface area contributed by atoms with Gasteiger partial charge in [-0.05, 0) is 56.9 Å². The van der Waals surface area contributed by atoms with Gasteiger partial charge in [0.15, 0.2) is 11.6 Å². The Kier molecular flexibility index (Phi) is 5.72. The maximum absolute atomic E-state index is 5.26. The molecular weight excluding hydrogens is 336 g/mol. The molecule has 0 amide bonds. The fraction of sp³-hybridized carbons (Fsp3) is 0.273. The Balaban J connectivity index is 2.02. The van der Waals surface area contributed by atoms with Crippen LogP contribution in [0.25, 0.3) is 22.8 Å². The summed E-state index contributed by atoms with van der Waals surface area (Å²) >= 11 is 0. The summed E-state index contributed by atoms with van der Waals surface area (Å²) in [5.74, 6) is 2.37. The van der Waals surface area contributed by atoms with Gasteiger partial charge in [-0.1, -0.05) is 30.4 Å². The van der Waals surface area contributed by atoms with E-state index in [1.165, 1.54) is 5.56 Å². The predicted molar refractivity (Wildman–Crippen MR) is 110 cm³/mol. The van der Waals surface area contributed by atoms with Crippen LogP contribution in [0.3, 0.4) is 0 Å². The molecule has 5 nitrogen and oxygen atoms in total. The molecule has 0 aliphatic carbocycles. The van der Waals surface area contributed by atoms with Crippen LogP contribution in [0.1, 0.15) is 12.5 Å². The second kappa shape index (κ2) is 8.18. The fourth-order valence-corrected chi connectivity index (χ4v) is 2.96. The smallest absolute Gasteiger partial charge is 0.181 e. The van der Waals surface area contributed by atoms with E-state index in [0.717, 1.165) is 40.6 Å². The molecule has 0 atom stereocenters. The topological polar surface area (TPSA) is 43.2 Å². The first-order valence-corrected chi connectivity index (χ1v) is 8.94. The molecule has 0 fully saturated rings. The first kappa shape index (κ1) is 18.9. The molecule has 0 N–H and O–H groups in total. The van der Waals surface area contributed by atoms with Gasteiger partial charge >= 0.3 is 0 Å². The molecule has 0 spiro atoms. The van der Waals surface area contributed by atoms with Crippen molar-refractivity contribution < 1.29 is 4.74 Å². The summed E-state index contributed by atoms with van der Waals surface area (Å²) in [4.78, 5) is 6.98. The zero-order chi connectivity index (χ0) is 19.4. The van der Waals surface area contributed by atoms with Crippen LogP contribution >= 0.6 is 0 Å². The summed E-state index contributed by atoms with van der Waals surface area (Å²) in [6.07, 6.45) is 0. The SMILES string of the molecule is C=C(C)Cn1nc(-c2cccc(CN(C)C)c2)nc1-c1ccc(OC)cc1. The summed E-state index contributed by atoms with van der Waals surface area (Å²) in [5.41, 5.74) is 4.28. The predicted octanol–water partition coefficient (Wildman–Crippen LogP) is 4.26. The molecule has 1 aromatic heterocycles. The van der Waals surface area contributed by atoms with Gasteiger partial charge in [-0.25, -0.2) is 9.67 Å². The van der Waals surface area contributed by atoms with Crippen LogP contribution in [0, 0.1) is 0 Å². The lowest BCUT2D eigenvalue weighted by Gasteiger charge is -2.09. The third kappa shape index (κ3) is 4.63. The van der Waals surface area contributed by atoms with E-state index < -0.39 is 0 Å². The number of allylic oxidation sites excluding steroid dienone is 1. The summed E-state index contributed by atoms with van der Waals surface area (Å²) in [6, 6.07) is 16.3. The van der Waals surface area contributed by atoms with Gasteiger partial charge < -0.3 is 9.64 Å². The Labute approximate surface area is 160 Å². The molecule has 2 aromatic carbocycles. The Hall–Kier alpha value is -2.92. The van der Waals surface area contributed by atoms with Crippen LogP contribution in [0.2, 0.25) is 0 Å². The monoisotopic (exact) mass is 362 g/mol. The molecule has 0 unspecified atom stereocenters. The highest BCUT2D eigenvalue weighted by Gasteiger charge is 2.14. The summed E-state index contributed by atoms with van der Waals surface area (Å²) in [7, 11) is 5.79. The minimum atomic E-state index is 0.631. The molecule has 27 heavy (non-hydrogen) atoms. The third-order valence-electron chi connectivity index (χ3n) is 4.12. The molecule has 0 aliphatic rings. The van der Waals surface area contributed by atoms with Crippen molar-refractivity contribution in [3.63, 3.8) is 0 Å². The van der Waals surface area contributed by atoms with Crippen molar-refractivity contribution in [3.8, 4) is 28.5 Å². The number of nitrogens with zero attached hydrogens (tertiary/aromatic N) is 4. The van der Waals surface area contributed by atoms with Gasteiger partial charge in [0.05, 0.1) is 13.7 Å². The van der Waals surface area contributed by atoms with Gasteiger partial charge in [0.2, 0.25) is 0 Å². The maximum atomic E-state index is 5.26. The molecule has 0 saturated heterocycles. The summed E-state index contributed by atoms with van der Waals surface area (Å²) in [5, 5.41) is 4.76. The molecule has 3 rings (SSSR count). The van der Waals surface area contributed by atoms with Crippen LogP contribution in [-0.4, -0.2) is 40.9 Å². The second-order valence-corrected chi connectivity index (χ2v) is 7.04. The van der Waals surface area contributed by atoms with Crippen LogP contribution in [-0.2, 0) is 13.1 Å². The lowest BCUT2D eigenvalue weighted by Crippen LogP contribution is -2.10. The number of ether oxygens (including phenoxy) is 1. The molecule has 0 aliphatic heterocycles. The van der Waals surface area contributed by atoms with Gasteiger partial charge in [-0.15, -0.1) is 0 Å². The van der Waals surface area contributed by atoms with E-state index in [2.05, 4.69) is 49.8 Å². The molecule has 0 radical (unpaired) electrons. The second-order valence-electron chi connectivity index (χ2n) is 7.04. The molecule has 3 aromatic rings. The molecular formula is C22H26N4O. The normalized spacial score (nSPS) is 11.0. The minimum Gasteiger partial charge on any atom is -0.497 e. The van der Waals surface area contributed by atoms with E-state index in [1.807, 2.05) is 35.9 Å². The average Bonchev–Trinajstić information content (AvgIpc) is 3.04. The third-order valence-corrected chi connectivity index (χ3v) is 4.12. The standard InChI is InChI=1S/C22H26N4O/c1-16(2)14-26-22(18-9-11-20(27-5)12-10-18)23-21(24-26)19-8-6-7-17(13-19)15-25(3)4/h6-13H,1,14-15H2,2-5H3. The molecule has 0 bridgehead atoms. The number of methoxy groups -OCH3 is 1. The van der Waals surface area contributed by atoms with Crippen LogP contribution in [0.15, 0.2) is 60.7 Å². The molecule has 0 saturated carbocycles. The molecule has 1 heterocycles. The number of aromatic nitrogens is 3. The number of hydrogen-bond donors (Lipinski definition) is 0. The Bertz CT molecular complexity index is 926. The van der Waals surface area contributed by atoms with Crippen molar-refractivity contribution in [2.45, 2.75) is 20.0 Å². The maximum Gasteiger partial charge on any atom is 0.181 e. The summed E-state index contributed by atoms with van der Waals surface area (Å²) < 4.78 is 7.17. The zero-order valence-electron chi connectivity index (χ0n) is 16.4. The van der Waals surface area contributed by atoms with Gasteiger partial charge in [-0.2, -0.15) is 5.10 Å². The quantitative estimate of drug-likeness (QED) is 0.589. The largest absolute Gasteiger partial charge is 0.497 e. The number of benzene rings is 2. The van der Waals surface area contributed by atoms with Gasteiger partial charge in [0, 0.05) is 17.7 Å². The van der Waals surface area contributed by atoms with Crippen LogP contribution < -0.4 is 4.74 Å². The number of rotatable bonds is 7. The average molecular weight is 362 g/mol. The summed E-state index contributed by atoms with van der Waals surface area (Å²) in [6.45, 7) is 7.54. The highest BCUT2D eigenvalue weighted by molar-refractivity contribution is 5.63. The first-order chi connectivity index (χ1) is 13.0. The zero-order valence-corrected chi connectivity index (χ0v) is 16.4. The van der Waals surface area contributed by atoms with E-state index in [0.29, 0.717) is 6.54 Å². The van der Waals surface area contributed by atoms with Gasteiger partial charge in [0.25, 0.3) is 0 Å². The highest BCUT2D eigenvalue weighted by Crippen LogP contribution is 2.25. The van der Waals surface area contributed by atoms with Crippen molar-refractivity contribution in [1.29, 1.82) is 0 Å². The Morgan fingerprint density at radius 3 is 2.48 bits per heavy atom. The Morgan fingerprint density at radius 2 is 1.85 bits per heavy atom. The van der Waals surface area contributed by atoms with Crippen molar-refractivity contribution in [1.82, 2.24) is 19.7 Å². The van der Waals surface area contributed by atoms with E-state index in [4.69, 9.17) is 14.8 Å². The Morgan fingerprint density at radius 1 is 1.11 bits per heavy atom. The van der Waals surface area contributed by atoms with Crippen LogP contribution in [0.5, 0.6) is 5.75 Å². The van der Waals surface area contributed by atoms with E-state index >= 15 is 0 Å². The van der Waals surface area contributed by atoms with E-state index in [1.54, 1.807) is 7.11 Å². The van der Waals surface area contributed by atoms with Crippen molar-refractivity contribution >= 4 is 0 Å². The lowest BCUT2D eigenvalue weighted by atomic mass is 10.1. The molecule has 5 heteroatoms.